The fourth-order valence-electron chi connectivity index (χ4n) is 2.12. The molecule has 0 radical (unpaired) electrons. The molecule has 4 heteroatoms. The molecule has 3 nitrogen and oxygen atoms in total. The minimum absolute atomic E-state index is 0.0959. The molecule has 3 atom stereocenters. The van der Waals surface area contributed by atoms with Crippen LogP contribution in [0.1, 0.15) is 12.8 Å². The van der Waals surface area contributed by atoms with Gasteiger partial charge in [-0.15, -0.1) is 0 Å². The van der Waals surface area contributed by atoms with E-state index in [-0.39, 0.29) is 17.8 Å². The van der Waals surface area contributed by atoms with E-state index in [2.05, 4.69) is 0 Å². The Balaban J connectivity index is 2.00. The summed E-state index contributed by atoms with van der Waals surface area (Å²) in [7, 11) is 0. The van der Waals surface area contributed by atoms with Crippen molar-refractivity contribution in [1.82, 2.24) is 0 Å². The second-order valence-electron chi connectivity index (χ2n) is 4.18. The maximum atomic E-state index is 12.9. The highest BCUT2D eigenvalue weighted by molar-refractivity contribution is 5.23. The molecule has 1 saturated carbocycles. The summed E-state index contributed by atoms with van der Waals surface area (Å²) in [6.45, 7) is 0.462. The topological polar surface area (TPSA) is 55.5 Å². The molecule has 1 fully saturated rings. The van der Waals surface area contributed by atoms with E-state index in [4.69, 9.17) is 10.5 Å². The summed E-state index contributed by atoms with van der Waals surface area (Å²) in [4.78, 5) is 0. The van der Waals surface area contributed by atoms with Gasteiger partial charge in [-0.2, -0.15) is 0 Å². The van der Waals surface area contributed by atoms with Crippen LogP contribution < -0.4 is 10.5 Å². The van der Waals surface area contributed by atoms with Gasteiger partial charge in [-0.1, -0.05) is 6.07 Å². The van der Waals surface area contributed by atoms with Crippen molar-refractivity contribution in [2.75, 3.05) is 6.54 Å². The van der Waals surface area contributed by atoms with Crippen molar-refractivity contribution in [3.8, 4) is 5.75 Å². The summed E-state index contributed by atoms with van der Waals surface area (Å²) in [6.07, 6.45) is 0.806. The molecule has 0 saturated heterocycles. The van der Waals surface area contributed by atoms with Crippen LogP contribution in [0.15, 0.2) is 24.3 Å². The van der Waals surface area contributed by atoms with Crippen molar-refractivity contribution >= 4 is 0 Å². The van der Waals surface area contributed by atoms with Crippen molar-refractivity contribution in [1.29, 1.82) is 0 Å². The normalized spacial score (nSPS) is 29.3. The summed E-state index contributed by atoms with van der Waals surface area (Å²) in [5, 5.41) is 9.88. The fraction of sp³-hybridized carbons (Fsp3) is 0.500. The van der Waals surface area contributed by atoms with Gasteiger partial charge in [-0.25, -0.2) is 4.39 Å². The van der Waals surface area contributed by atoms with Crippen LogP contribution >= 0.6 is 0 Å². The molecule has 3 N–H and O–H groups in total. The van der Waals surface area contributed by atoms with Gasteiger partial charge >= 0.3 is 0 Å². The number of benzene rings is 1. The first-order chi connectivity index (χ1) is 7.70. The molecule has 0 amide bonds. The predicted molar refractivity (Wildman–Crippen MR) is 58.6 cm³/mol. The van der Waals surface area contributed by atoms with E-state index in [1.54, 1.807) is 12.1 Å². The van der Waals surface area contributed by atoms with E-state index in [1.807, 2.05) is 0 Å². The highest BCUT2D eigenvalue weighted by Crippen LogP contribution is 2.29. The van der Waals surface area contributed by atoms with Gasteiger partial charge in [-0.05, 0) is 31.5 Å². The summed E-state index contributed by atoms with van der Waals surface area (Å²) >= 11 is 0. The summed E-state index contributed by atoms with van der Waals surface area (Å²) in [5.74, 6) is 0.223. The second kappa shape index (κ2) is 4.80. The van der Waals surface area contributed by atoms with E-state index in [1.165, 1.54) is 12.1 Å². The average Bonchev–Trinajstić information content (AvgIpc) is 2.60. The van der Waals surface area contributed by atoms with E-state index < -0.39 is 6.10 Å². The Morgan fingerprint density at radius 2 is 2.25 bits per heavy atom. The molecule has 1 aromatic carbocycles. The zero-order chi connectivity index (χ0) is 11.5. The van der Waals surface area contributed by atoms with Crippen molar-refractivity contribution in [2.24, 2.45) is 11.7 Å². The minimum Gasteiger partial charge on any atom is -0.488 e. The van der Waals surface area contributed by atoms with Crippen molar-refractivity contribution in [3.63, 3.8) is 0 Å². The van der Waals surface area contributed by atoms with Crippen LogP contribution in [0.3, 0.4) is 0 Å². The molecule has 0 bridgehead atoms. The summed E-state index contributed by atoms with van der Waals surface area (Å²) < 4.78 is 18.5. The molecule has 88 valence electrons. The molecule has 1 aromatic rings. The number of hydrogen-bond acceptors (Lipinski definition) is 3. The van der Waals surface area contributed by atoms with E-state index in [0.29, 0.717) is 12.3 Å². The molecular weight excluding hydrogens is 209 g/mol. The number of ether oxygens (including phenoxy) is 1. The Morgan fingerprint density at radius 3 is 2.88 bits per heavy atom. The van der Waals surface area contributed by atoms with Crippen LogP contribution in [-0.2, 0) is 0 Å². The van der Waals surface area contributed by atoms with E-state index >= 15 is 0 Å². The third-order valence-electron chi connectivity index (χ3n) is 3.07. The summed E-state index contributed by atoms with van der Waals surface area (Å²) in [5.41, 5.74) is 5.53. The lowest BCUT2D eigenvalue weighted by atomic mass is 10.1. The lowest BCUT2D eigenvalue weighted by Gasteiger charge is -2.19. The van der Waals surface area contributed by atoms with E-state index in [9.17, 15) is 9.50 Å². The standard InChI is InChI=1S/C12H16FNO2/c13-9-2-1-3-10(6-9)16-11-5-4-8(7-14)12(11)15/h1-3,6,8,11-12,15H,4-5,7,14H2/t8-,11-,12-/m1/s1. The number of nitrogens with two attached hydrogens (primary N) is 1. The van der Waals surface area contributed by atoms with Crippen LogP contribution in [0.25, 0.3) is 0 Å². The second-order valence-corrected chi connectivity index (χ2v) is 4.18. The first-order valence-corrected chi connectivity index (χ1v) is 5.51. The number of aliphatic hydroxyl groups is 1. The van der Waals surface area contributed by atoms with Crippen LogP contribution in [0, 0.1) is 11.7 Å². The third-order valence-corrected chi connectivity index (χ3v) is 3.07. The number of aliphatic hydroxyl groups excluding tert-OH is 1. The van der Waals surface area contributed by atoms with Crippen LogP contribution in [-0.4, -0.2) is 23.9 Å². The smallest absolute Gasteiger partial charge is 0.126 e. The largest absolute Gasteiger partial charge is 0.488 e. The van der Waals surface area contributed by atoms with Gasteiger partial charge in [0, 0.05) is 12.0 Å². The van der Waals surface area contributed by atoms with Gasteiger partial charge in [0.15, 0.2) is 0 Å². The Bertz CT molecular complexity index is 359. The van der Waals surface area contributed by atoms with E-state index in [0.717, 1.165) is 12.8 Å². The van der Waals surface area contributed by atoms with Crippen LogP contribution in [0.2, 0.25) is 0 Å². The highest BCUT2D eigenvalue weighted by atomic mass is 19.1. The first kappa shape index (κ1) is 11.4. The van der Waals surface area contributed by atoms with Crippen LogP contribution in [0.5, 0.6) is 5.75 Å². The number of halogens is 1. The molecule has 0 spiro atoms. The predicted octanol–water partition coefficient (Wildman–Crippen LogP) is 1.30. The van der Waals surface area contributed by atoms with Gasteiger partial charge in [0.1, 0.15) is 17.7 Å². The Kier molecular flexibility index (Phi) is 3.41. The summed E-state index contributed by atoms with van der Waals surface area (Å²) in [6, 6.07) is 5.96. The van der Waals surface area contributed by atoms with Crippen molar-refractivity contribution in [3.05, 3.63) is 30.1 Å². The van der Waals surface area contributed by atoms with Crippen LogP contribution in [0.4, 0.5) is 4.39 Å². The van der Waals surface area contributed by atoms with Gasteiger partial charge < -0.3 is 15.6 Å². The van der Waals surface area contributed by atoms with Crippen molar-refractivity contribution in [2.45, 2.75) is 25.0 Å². The third kappa shape index (κ3) is 2.33. The highest BCUT2D eigenvalue weighted by Gasteiger charge is 2.35. The maximum Gasteiger partial charge on any atom is 0.126 e. The maximum absolute atomic E-state index is 12.9. The molecule has 0 aromatic heterocycles. The fourth-order valence-corrected chi connectivity index (χ4v) is 2.12. The molecule has 1 aliphatic rings. The van der Waals surface area contributed by atoms with Gasteiger partial charge in [0.2, 0.25) is 0 Å². The zero-order valence-electron chi connectivity index (χ0n) is 8.97. The Labute approximate surface area is 94.0 Å². The van der Waals surface area contributed by atoms with Crippen molar-refractivity contribution < 1.29 is 14.2 Å². The average molecular weight is 225 g/mol. The molecular formula is C12H16FNO2. The number of rotatable bonds is 3. The zero-order valence-corrected chi connectivity index (χ0v) is 8.97. The molecule has 0 aliphatic heterocycles. The lowest BCUT2D eigenvalue weighted by molar-refractivity contribution is 0.0369. The first-order valence-electron chi connectivity index (χ1n) is 5.51. The quantitative estimate of drug-likeness (QED) is 0.815. The Morgan fingerprint density at radius 1 is 1.44 bits per heavy atom. The van der Waals surface area contributed by atoms with Gasteiger partial charge in [0.25, 0.3) is 0 Å². The molecule has 0 heterocycles. The van der Waals surface area contributed by atoms with Gasteiger partial charge in [-0.3, -0.25) is 0 Å². The molecule has 0 unspecified atom stereocenters. The Hall–Kier alpha value is -1.13. The monoisotopic (exact) mass is 225 g/mol. The SMILES string of the molecule is NC[C@H]1CC[C@@H](Oc2cccc(F)c2)[C@@H]1O. The minimum atomic E-state index is -0.548. The molecule has 1 aliphatic carbocycles. The lowest BCUT2D eigenvalue weighted by Crippen LogP contribution is -2.33. The molecule has 2 rings (SSSR count). The molecule has 16 heavy (non-hydrogen) atoms. The van der Waals surface area contributed by atoms with Gasteiger partial charge in [0.05, 0.1) is 6.10 Å². The number of hydrogen-bond donors (Lipinski definition) is 2.